The van der Waals surface area contributed by atoms with E-state index in [0.717, 1.165) is 11.8 Å². The lowest BCUT2D eigenvalue weighted by atomic mass is 10.1. The lowest BCUT2D eigenvalue weighted by molar-refractivity contribution is -0.384. The van der Waals surface area contributed by atoms with E-state index in [1.54, 1.807) is 42.5 Å². The summed E-state index contributed by atoms with van der Waals surface area (Å²) in [5.41, 5.74) is 0.948. The smallest absolute Gasteiger partial charge is 0.269 e. The van der Waals surface area contributed by atoms with Crippen LogP contribution < -0.4 is 10.2 Å². The summed E-state index contributed by atoms with van der Waals surface area (Å²) >= 11 is 1.11. The van der Waals surface area contributed by atoms with Crippen molar-refractivity contribution in [3.8, 4) is 6.07 Å². The number of rotatable bonds is 5. The summed E-state index contributed by atoms with van der Waals surface area (Å²) in [6.45, 7) is 0. The molecule has 9 heteroatoms. The second-order valence-electron chi connectivity index (χ2n) is 6.12. The van der Waals surface area contributed by atoms with E-state index in [4.69, 9.17) is 0 Å². The highest BCUT2D eigenvalue weighted by Crippen LogP contribution is 2.41. The molecule has 2 amide bonds. The van der Waals surface area contributed by atoms with Crippen LogP contribution >= 0.6 is 11.8 Å². The SMILES string of the molecule is CNC(=O)/C(C#N)=C1/S[C@@H](Cc2cccc([N+](=O)[O-])c2)C(=O)N1c1ccccc1. The van der Waals surface area contributed by atoms with Crippen LogP contribution in [0.2, 0.25) is 0 Å². The monoisotopic (exact) mass is 408 g/mol. The molecule has 0 radical (unpaired) electrons. The van der Waals surface area contributed by atoms with Gasteiger partial charge in [-0.25, -0.2) is 0 Å². The lowest BCUT2D eigenvalue weighted by Crippen LogP contribution is -2.31. The minimum atomic E-state index is -0.625. The molecule has 1 atom stereocenters. The fraction of sp³-hybridized carbons (Fsp3) is 0.150. The molecule has 1 fully saturated rings. The fourth-order valence-electron chi connectivity index (χ4n) is 2.93. The van der Waals surface area contributed by atoms with Crippen LogP contribution in [0.15, 0.2) is 65.2 Å². The Bertz CT molecular complexity index is 1050. The van der Waals surface area contributed by atoms with Gasteiger partial charge in [-0.05, 0) is 24.1 Å². The maximum atomic E-state index is 13.2. The number of nitriles is 1. The number of non-ortho nitro benzene ring substituents is 1. The van der Waals surface area contributed by atoms with Crippen LogP contribution in [0.1, 0.15) is 5.56 Å². The second-order valence-corrected chi connectivity index (χ2v) is 7.31. The number of nitrogens with zero attached hydrogens (tertiary/aromatic N) is 3. The van der Waals surface area contributed by atoms with Crippen molar-refractivity contribution in [2.24, 2.45) is 0 Å². The molecule has 146 valence electrons. The van der Waals surface area contributed by atoms with Gasteiger partial charge >= 0.3 is 0 Å². The van der Waals surface area contributed by atoms with Crippen molar-refractivity contribution in [2.75, 3.05) is 11.9 Å². The number of nitro benzene ring substituents is 1. The third kappa shape index (κ3) is 4.12. The molecule has 0 spiro atoms. The molecule has 0 unspecified atom stereocenters. The number of hydrogen-bond acceptors (Lipinski definition) is 6. The summed E-state index contributed by atoms with van der Waals surface area (Å²) < 4.78 is 0. The van der Waals surface area contributed by atoms with Crippen molar-refractivity contribution >= 4 is 35.0 Å². The molecule has 1 N–H and O–H groups in total. The van der Waals surface area contributed by atoms with E-state index in [-0.39, 0.29) is 28.6 Å². The van der Waals surface area contributed by atoms with Gasteiger partial charge in [0.15, 0.2) is 0 Å². The van der Waals surface area contributed by atoms with Gasteiger partial charge in [-0.1, -0.05) is 42.1 Å². The van der Waals surface area contributed by atoms with E-state index in [2.05, 4.69) is 5.32 Å². The van der Waals surface area contributed by atoms with Gasteiger partial charge in [-0.2, -0.15) is 5.26 Å². The van der Waals surface area contributed by atoms with Crippen LogP contribution in [0.5, 0.6) is 0 Å². The van der Waals surface area contributed by atoms with E-state index in [1.165, 1.54) is 24.1 Å². The molecule has 2 aromatic rings. The van der Waals surface area contributed by atoms with Crippen molar-refractivity contribution in [2.45, 2.75) is 11.7 Å². The summed E-state index contributed by atoms with van der Waals surface area (Å²) in [4.78, 5) is 37.2. The van der Waals surface area contributed by atoms with E-state index in [9.17, 15) is 25.0 Å². The zero-order chi connectivity index (χ0) is 21.0. The number of nitrogens with one attached hydrogen (secondary N) is 1. The van der Waals surface area contributed by atoms with Gasteiger partial charge < -0.3 is 5.32 Å². The number of nitro groups is 1. The molecular weight excluding hydrogens is 392 g/mol. The van der Waals surface area contributed by atoms with E-state index in [0.29, 0.717) is 11.3 Å². The molecular formula is C20H16N4O4S. The molecule has 0 bridgehead atoms. The molecule has 0 aliphatic carbocycles. The average molecular weight is 408 g/mol. The Hall–Kier alpha value is -3.64. The zero-order valence-electron chi connectivity index (χ0n) is 15.4. The summed E-state index contributed by atoms with van der Waals surface area (Å²) in [5.74, 6) is -0.876. The number of thioether (sulfide) groups is 1. The molecule has 3 rings (SSSR count). The number of amides is 2. The molecule has 29 heavy (non-hydrogen) atoms. The first-order chi connectivity index (χ1) is 14.0. The predicted octanol–water partition coefficient (Wildman–Crippen LogP) is 2.77. The van der Waals surface area contributed by atoms with Crippen LogP contribution in [-0.2, 0) is 16.0 Å². The minimum absolute atomic E-state index is 0.0586. The Kier molecular flexibility index (Phi) is 5.95. The third-order valence-corrected chi connectivity index (χ3v) is 5.55. The largest absolute Gasteiger partial charge is 0.354 e. The van der Waals surface area contributed by atoms with Gasteiger partial charge in [-0.15, -0.1) is 0 Å². The van der Waals surface area contributed by atoms with Crippen molar-refractivity contribution in [1.29, 1.82) is 5.26 Å². The molecule has 8 nitrogen and oxygen atoms in total. The van der Waals surface area contributed by atoms with Crippen molar-refractivity contribution in [3.05, 3.63) is 80.9 Å². The minimum Gasteiger partial charge on any atom is -0.354 e. The second kappa shape index (κ2) is 8.58. The number of para-hydroxylation sites is 1. The van der Waals surface area contributed by atoms with E-state index >= 15 is 0 Å². The van der Waals surface area contributed by atoms with Crippen LogP contribution in [0, 0.1) is 21.4 Å². The van der Waals surface area contributed by atoms with Crippen molar-refractivity contribution in [3.63, 3.8) is 0 Å². The lowest BCUT2D eigenvalue weighted by Gasteiger charge is -2.18. The van der Waals surface area contributed by atoms with Crippen LogP contribution in [0.4, 0.5) is 11.4 Å². The first kappa shape index (κ1) is 20.1. The number of hydrogen-bond donors (Lipinski definition) is 1. The predicted molar refractivity (Wildman–Crippen MR) is 109 cm³/mol. The fourth-order valence-corrected chi connectivity index (χ4v) is 4.24. The maximum absolute atomic E-state index is 13.2. The number of carbonyl (C=O) groups excluding carboxylic acids is 2. The molecule has 0 aromatic heterocycles. The zero-order valence-corrected chi connectivity index (χ0v) is 16.2. The quantitative estimate of drug-likeness (QED) is 0.352. The average Bonchev–Trinajstić information content (AvgIpc) is 3.05. The number of anilines is 1. The maximum Gasteiger partial charge on any atom is 0.269 e. The van der Waals surface area contributed by atoms with Gasteiger partial charge in [0, 0.05) is 24.9 Å². The van der Waals surface area contributed by atoms with Crippen LogP contribution in [0.3, 0.4) is 0 Å². The Labute approximate surface area is 171 Å². The molecule has 1 saturated heterocycles. The first-order valence-corrected chi connectivity index (χ1v) is 9.49. The number of likely N-dealkylation sites (N-methyl/N-ethyl adjacent to an activating group) is 1. The Balaban J connectivity index is 2.02. The van der Waals surface area contributed by atoms with Crippen molar-refractivity contribution < 1.29 is 14.5 Å². The topological polar surface area (TPSA) is 116 Å². The number of benzene rings is 2. The van der Waals surface area contributed by atoms with Gasteiger partial charge in [0.1, 0.15) is 16.7 Å². The van der Waals surface area contributed by atoms with E-state index < -0.39 is 16.1 Å². The highest BCUT2D eigenvalue weighted by atomic mass is 32.2. The van der Waals surface area contributed by atoms with Gasteiger partial charge in [-0.3, -0.25) is 24.6 Å². The summed E-state index contributed by atoms with van der Waals surface area (Å²) in [5, 5.41) is 22.6. The highest BCUT2D eigenvalue weighted by molar-refractivity contribution is 8.05. The van der Waals surface area contributed by atoms with Gasteiger partial charge in [0.05, 0.1) is 10.2 Å². The van der Waals surface area contributed by atoms with E-state index in [1.807, 2.05) is 6.07 Å². The summed E-state index contributed by atoms with van der Waals surface area (Å²) in [7, 11) is 1.41. The molecule has 1 aliphatic heterocycles. The Morgan fingerprint density at radius 2 is 2.00 bits per heavy atom. The molecule has 1 heterocycles. The summed E-state index contributed by atoms with van der Waals surface area (Å²) in [6.07, 6.45) is 0.227. The van der Waals surface area contributed by atoms with Crippen LogP contribution in [0.25, 0.3) is 0 Å². The standard InChI is InChI=1S/C20H16N4O4S/c1-22-18(25)16(12-21)20-23(14-7-3-2-4-8-14)19(26)17(29-20)11-13-6-5-9-15(10-13)24(27)28/h2-10,17H,11H2,1H3,(H,22,25)/b20-16+/t17-/m0/s1. The van der Waals surface area contributed by atoms with Crippen molar-refractivity contribution in [1.82, 2.24) is 5.32 Å². The van der Waals surface area contributed by atoms with Gasteiger partial charge in [0.25, 0.3) is 11.6 Å². The van der Waals surface area contributed by atoms with Crippen LogP contribution in [-0.4, -0.2) is 29.0 Å². The van der Waals surface area contributed by atoms with Gasteiger partial charge in [0.2, 0.25) is 5.91 Å². The molecule has 1 aliphatic rings. The Morgan fingerprint density at radius 1 is 1.28 bits per heavy atom. The normalized spacial score (nSPS) is 17.6. The highest BCUT2D eigenvalue weighted by Gasteiger charge is 2.40. The molecule has 0 saturated carbocycles. The Morgan fingerprint density at radius 3 is 2.62 bits per heavy atom. The first-order valence-electron chi connectivity index (χ1n) is 8.61. The third-order valence-electron chi connectivity index (χ3n) is 4.29. The number of carbonyl (C=O) groups is 2. The molecule has 2 aromatic carbocycles. The summed E-state index contributed by atoms with van der Waals surface area (Å²) in [6, 6.07) is 16.7.